The van der Waals surface area contributed by atoms with Gasteiger partial charge in [-0.3, -0.25) is 0 Å². The molecule has 0 aromatic rings. The second-order valence-electron chi connectivity index (χ2n) is 8.12. The van der Waals surface area contributed by atoms with E-state index in [0.29, 0.717) is 11.3 Å². The predicted octanol–water partition coefficient (Wildman–Crippen LogP) is 7.33. The number of hydrogen-bond donors (Lipinski definition) is 0. The van der Waals surface area contributed by atoms with Crippen molar-refractivity contribution in [1.82, 2.24) is 0 Å². The van der Waals surface area contributed by atoms with Gasteiger partial charge in [-0.1, -0.05) is 71.4 Å². The first-order valence-electron chi connectivity index (χ1n) is 9.79. The monoisotopic (exact) mass is 322 g/mol. The van der Waals surface area contributed by atoms with Crippen LogP contribution in [-0.4, -0.2) is 13.2 Å². The lowest BCUT2D eigenvalue weighted by Crippen LogP contribution is -2.09. The highest BCUT2D eigenvalue weighted by Crippen LogP contribution is 2.22. The summed E-state index contributed by atoms with van der Waals surface area (Å²) in [6.45, 7) is 16.5. The molecule has 0 rings (SSSR count). The van der Waals surface area contributed by atoms with Crippen LogP contribution in [0.2, 0.25) is 0 Å². The average molecular weight is 323 g/mol. The number of hydrogen-bond acceptors (Lipinski definition) is 1. The van der Waals surface area contributed by atoms with E-state index in [2.05, 4.69) is 33.9 Å². The molecule has 0 fully saturated rings. The third-order valence-electron chi connectivity index (χ3n) is 4.35. The molecule has 1 heteroatoms. The number of allylic oxidation sites excluding steroid dienone is 2. The van der Waals surface area contributed by atoms with Gasteiger partial charge in [-0.25, -0.2) is 0 Å². The predicted molar refractivity (Wildman–Crippen MR) is 105 cm³/mol. The van der Waals surface area contributed by atoms with Gasteiger partial charge in [0.25, 0.3) is 0 Å². The molecule has 0 saturated heterocycles. The third kappa shape index (κ3) is 17.6. The minimum Gasteiger partial charge on any atom is -0.381 e. The van der Waals surface area contributed by atoms with E-state index < -0.39 is 0 Å². The smallest absolute Gasteiger partial charge is 0.0497 e. The van der Waals surface area contributed by atoms with Gasteiger partial charge in [0.05, 0.1) is 0 Å². The van der Waals surface area contributed by atoms with Gasteiger partial charge in [-0.15, -0.1) is 13.2 Å². The summed E-state index contributed by atoms with van der Waals surface area (Å²) in [5.41, 5.74) is 0.506. The molecule has 136 valence electrons. The van der Waals surface area contributed by atoms with Crippen LogP contribution in [0, 0.1) is 11.3 Å². The molecular formula is C22H42O. The highest BCUT2D eigenvalue weighted by molar-refractivity contribution is 4.76. The van der Waals surface area contributed by atoms with Gasteiger partial charge in [0.15, 0.2) is 0 Å². The first-order chi connectivity index (χ1) is 11.0. The Balaban J connectivity index is 3.34. The molecule has 0 aliphatic heterocycles. The fourth-order valence-electron chi connectivity index (χ4n) is 2.85. The normalized spacial score (nSPS) is 13.0. The Morgan fingerprint density at radius 3 is 2.04 bits per heavy atom. The summed E-state index contributed by atoms with van der Waals surface area (Å²) in [6.07, 6.45) is 18.2. The van der Waals surface area contributed by atoms with Crippen molar-refractivity contribution >= 4 is 0 Å². The minimum absolute atomic E-state index is 0.506. The van der Waals surface area contributed by atoms with Crippen molar-refractivity contribution in [3.8, 4) is 0 Å². The molecule has 0 heterocycles. The zero-order chi connectivity index (χ0) is 17.4. The van der Waals surface area contributed by atoms with Gasteiger partial charge >= 0.3 is 0 Å². The van der Waals surface area contributed by atoms with Crippen molar-refractivity contribution in [3.63, 3.8) is 0 Å². The lowest BCUT2D eigenvalue weighted by Gasteiger charge is -2.17. The van der Waals surface area contributed by atoms with Crippen molar-refractivity contribution in [3.05, 3.63) is 25.3 Å². The Labute approximate surface area is 146 Å². The second-order valence-corrected chi connectivity index (χ2v) is 8.12. The van der Waals surface area contributed by atoms with Crippen molar-refractivity contribution in [2.24, 2.45) is 11.3 Å². The van der Waals surface area contributed by atoms with E-state index in [-0.39, 0.29) is 0 Å². The van der Waals surface area contributed by atoms with E-state index in [1.165, 1.54) is 57.8 Å². The van der Waals surface area contributed by atoms with Crippen molar-refractivity contribution in [1.29, 1.82) is 0 Å². The largest absolute Gasteiger partial charge is 0.381 e. The molecule has 0 N–H and O–H groups in total. The van der Waals surface area contributed by atoms with E-state index in [1.807, 2.05) is 12.2 Å². The molecule has 0 aromatic heterocycles. The minimum atomic E-state index is 0.506. The second kappa shape index (κ2) is 15.0. The van der Waals surface area contributed by atoms with Crippen LogP contribution in [0.1, 0.15) is 91.4 Å². The Morgan fingerprint density at radius 2 is 1.48 bits per heavy atom. The molecule has 0 saturated carbocycles. The van der Waals surface area contributed by atoms with E-state index in [4.69, 9.17) is 4.74 Å². The molecule has 0 spiro atoms. The van der Waals surface area contributed by atoms with Gasteiger partial charge in [0.2, 0.25) is 0 Å². The Hall–Kier alpha value is -0.560. The summed E-state index contributed by atoms with van der Waals surface area (Å²) < 4.78 is 5.85. The summed E-state index contributed by atoms with van der Waals surface area (Å²) in [7, 11) is 0. The first-order valence-corrected chi connectivity index (χ1v) is 9.79. The fraction of sp³-hybridized carbons (Fsp3) is 0.818. The maximum Gasteiger partial charge on any atom is 0.0497 e. The Kier molecular flexibility index (Phi) is 14.6. The standard InChI is InChI=1S/C22H42O/c1-6-8-17-21(16-7-2)20-23-19-15-13-11-9-10-12-14-18-22(3,4)5/h6-7,21H,1-2,8-20H2,3-5H3. The summed E-state index contributed by atoms with van der Waals surface area (Å²) in [6, 6.07) is 0. The Bertz CT molecular complexity index is 274. The van der Waals surface area contributed by atoms with Crippen LogP contribution >= 0.6 is 0 Å². The zero-order valence-electron chi connectivity index (χ0n) is 16.2. The van der Waals surface area contributed by atoms with Crippen LogP contribution in [0.25, 0.3) is 0 Å². The van der Waals surface area contributed by atoms with Crippen molar-refractivity contribution in [2.75, 3.05) is 13.2 Å². The molecule has 1 atom stereocenters. The third-order valence-corrected chi connectivity index (χ3v) is 4.35. The maximum absolute atomic E-state index is 5.85. The van der Waals surface area contributed by atoms with Crippen LogP contribution in [0.15, 0.2) is 25.3 Å². The molecule has 0 radical (unpaired) electrons. The van der Waals surface area contributed by atoms with Gasteiger partial charge in [-0.2, -0.15) is 0 Å². The lowest BCUT2D eigenvalue weighted by atomic mass is 9.89. The van der Waals surface area contributed by atoms with Gasteiger partial charge in [0, 0.05) is 13.2 Å². The number of ether oxygens (including phenoxy) is 1. The summed E-state index contributed by atoms with van der Waals surface area (Å²) in [5.74, 6) is 0.619. The van der Waals surface area contributed by atoms with Gasteiger partial charge in [0.1, 0.15) is 0 Å². The molecular weight excluding hydrogens is 280 g/mol. The van der Waals surface area contributed by atoms with Gasteiger partial charge in [-0.05, 0) is 43.4 Å². The van der Waals surface area contributed by atoms with E-state index in [0.717, 1.165) is 26.1 Å². The van der Waals surface area contributed by atoms with E-state index in [1.54, 1.807) is 0 Å². The number of unbranched alkanes of at least 4 members (excludes halogenated alkanes) is 6. The van der Waals surface area contributed by atoms with E-state index in [9.17, 15) is 0 Å². The van der Waals surface area contributed by atoms with Crippen LogP contribution < -0.4 is 0 Å². The molecule has 23 heavy (non-hydrogen) atoms. The molecule has 1 unspecified atom stereocenters. The van der Waals surface area contributed by atoms with Crippen LogP contribution in [0.3, 0.4) is 0 Å². The molecule has 0 aromatic carbocycles. The van der Waals surface area contributed by atoms with E-state index >= 15 is 0 Å². The topological polar surface area (TPSA) is 9.23 Å². The molecule has 1 nitrogen and oxygen atoms in total. The summed E-state index contributed by atoms with van der Waals surface area (Å²) in [4.78, 5) is 0. The van der Waals surface area contributed by atoms with Crippen molar-refractivity contribution in [2.45, 2.75) is 91.4 Å². The number of rotatable bonds is 16. The quantitative estimate of drug-likeness (QED) is 0.213. The highest BCUT2D eigenvalue weighted by atomic mass is 16.5. The van der Waals surface area contributed by atoms with Crippen LogP contribution in [-0.2, 0) is 4.74 Å². The SMILES string of the molecule is C=CCCC(CC=C)COCCCCCCCCCC(C)(C)C. The van der Waals surface area contributed by atoms with Crippen LogP contribution in [0.4, 0.5) is 0 Å². The van der Waals surface area contributed by atoms with Crippen LogP contribution in [0.5, 0.6) is 0 Å². The summed E-state index contributed by atoms with van der Waals surface area (Å²) in [5, 5.41) is 0. The zero-order valence-corrected chi connectivity index (χ0v) is 16.2. The highest BCUT2D eigenvalue weighted by Gasteiger charge is 2.08. The first kappa shape index (κ1) is 22.4. The average Bonchev–Trinajstić information content (AvgIpc) is 2.49. The summed E-state index contributed by atoms with van der Waals surface area (Å²) >= 11 is 0. The molecule has 0 amide bonds. The Morgan fingerprint density at radius 1 is 0.870 bits per heavy atom. The van der Waals surface area contributed by atoms with Crippen molar-refractivity contribution < 1.29 is 4.74 Å². The molecule has 0 aliphatic carbocycles. The van der Waals surface area contributed by atoms with Gasteiger partial charge < -0.3 is 4.74 Å². The molecule has 0 bridgehead atoms. The molecule has 0 aliphatic rings. The lowest BCUT2D eigenvalue weighted by molar-refractivity contribution is 0.0941. The maximum atomic E-state index is 5.85. The fourth-order valence-corrected chi connectivity index (χ4v) is 2.85.